The molecule has 1 rings (SSSR count). The predicted molar refractivity (Wildman–Crippen MR) is 76.3 cm³/mol. The number of carbonyl (C=O) groups is 4. The highest BCUT2D eigenvalue weighted by atomic mass is 19.1. The van der Waals surface area contributed by atoms with Gasteiger partial charge in [0.2, 0.25) is 11.6 Å². The van der Waals surface area contributed by atoms with Crippen molar-refractivity contribution in [2.45, 2.75) is 58.1 Å². The zero-order valence-corrected chi connectivity index (χ0v) is 14.1. The first kappa shape index (κ1) is 20.8. The Morgan fingerprint density at radius 3 is 2.08 bits per heavy atom. The van der Waals surface area contributed by atoms with Crippen LogP contribution in [0.25, 0.3) is 0 Å². The normalized spacial score (nSPS) is 31.6. The Morgan fingerprint density at radius 2 is 1.64 bits per heavy atom. The van der Waals surface area contributed by atoms with Crippen LogP contribution in [-0.4, -0.2) is 65.9 Å². The minimum atomic E-state index is -2.69. The van der Waals surface area contributed by atoms with Gasteiger partial charge in [0.1, 0.15) is 12.7 Å². The number of alkyl halides is 1. The first-order chi connectivity index (χ1) is 11.5. The molecule has 0 radical (unpaired) electrons. The SMILES string of the molecule is CC(=O)N[C@]1(O)C(OC(C)=O)O[C@H](COC(C)=O)[C@@H](F)[C@@H]1OC(C)=O. The van der Waals surface area contributed by atoms with Crippen molar-refractivity contribution in [1.82, 2.24) is 5.32 Å². The van der Waals surface area contributed by atoms with Crippen molar-refractivity contribution in [2.24, 2.45) is 0 Å². The lowest BCUT2D eigenvalue weighted by molar-refractivity contribution is -0.331. The number of aliphatic hydroxyl groups is 1. The Hall–Kier alpha value is -2.27. The highest BCUT2D eigenvalue weighted by molar-refractivity contribution is 5.74. The van der Waals surface area contributed by atoms with E-state index in [-0.39, 0.29) is 0 Å². The van der Waals surface area contributed by atoms with Crippen LogP contribution in [0.15, 0.2) is 0 Å². The number of amides is 1. The van der Waals surface area contributed by atoms with Crippen molar-refractivity contribution in [3.8, 4) is 0 Å². The number of hydrogen-bond acceptors (Lipinski definition) is 9. The Morgan fingerprint density at radius 1 is 1.08 bits per heavy atom. The molecule has 5 atom stereocenters. The van der Waals surface area contributed by atoms with Gasteiger partial charge in [0.15, 0.2) is 12.3 Å². The third-order valence-corrected chi connectivity index (χ3v) is 3.13. The molecule has 10 nitrogen and oxygen atoms in total. The highest BCUT2D eigenvalue weighted by Gasteiger charge is 2.61. The van der Waals surface area contributed by atoms with E-state index in [0.717, 1.165) is 27.7 Å². The Balaban J connectivity index is 3.23. The number of nitrogens with one attached hydrogen (secondary N) is 1. The Bertz CT molecular complexity index is 554. The van der Waals surface area contributed by atoms with E-state index in [2.05, 4.69) is 4.74 Å². The van der Waals surface area contributed by atoms with Gasteiger partial charge in [-0.05, 0) is 0 Å². The third kappa shape index (κ3) is 5.36. The largest absolute Gasteiger partial charge is 0.463 e. The van der Waals surface area contributed by atoms with E-state index >= 15 is 0 Å². The summed E-state index contributed by atoms with van der Waals surface area (Å²) in [6.07, 6.45) is -7.61. The molecule has 11 heteroatoms. The van der Waals surface area contributed by atoms with E-state index in [9.17, 15) is 28.7 Å². The van der Waals surface area contributed by atoms with Gasteiger partial charge in [-0.1, -0.05) is 0 Å². The van der Waals surface area contributed by atoms with Crippen LogP contribution in [0, 0.1) is 0 Å². The van der Waals surface area contributed by atoms with Crippen molar-refractivity contribution in [2.75, 3.05) is 6.61 Å². The van der Waals surface area contributed by atoms with Crippen molar-refractivity contribution in [1.29, 1.82) is 0 Å². The molecule has 1 aliphatic heterocycles. The van der Waals surface area contributed by atoms with Crippen LogP contribution in [0.2, 0.25) is 0 Å². The average Bonchev–Trinajstić information content (AvgIpc) is 2.44. The second kappa shape index (κ2) is 8.21. The first-order valence-corrected chi connectivity index (χ1v) is 7.25. The third-order valence-electron chi connectivity index (χ3n) is 3.13. The number of halogens is 1. The molecule has 142 valence electrons. The van der Waals surface area contributed by atoms with Crippen LogP contribution in [-0.2, 0) is 38.1 Å². The minimum absolute atomic E-state index is 0.595. The average molecular weight is 365 g/mol. The standard InChI is InChI=1S/C14H20FNO9/c1-6(17)16-14(21)12(23-8(3)19)11(15)10(5-22-7(2)18)25-13(14)24-9(4)20/h10-13,21H,5H2,1-4H3,(H,16,17)/t10-,11-,12+,13?,14-/m1/s1. The molecule has 0 saturated carbocycles. The summed E-state index contributed by atoms with van der Waals surface area (Å²) in [5.74, 6) is -3.44. The van der Waals surface area contributed by atoms with Gasteiger partial charge in [0, 0.05) is 27.7 Å². The zero-order chi connectivity index (χ0) is 19.4. The molecule has 1 amide bonds. The maximum Gasteiger partial charge on any atom is 0.305 e. The first-order valence-electron chi connectivity index (χ1n) is 7.25. The van der Waals surface area contributed by atoms with Gasteiger partial charge in [-0.25, -0.2) is 4.39 Å². The van der Waals surface area contributed by atoms with Gasteiger partial charge in [-0.3, -0.25) is 19.2 Å². The second-order valence-electron chi connectivity index (χ2n) is 5.40. The number of rotatable bonds is 5. The molecule has 1 aliphatic rings. The zero-order valence-electron chi connectivity index (χ0n) is 14.1. The molecule has 0 aromatic heterocycles. The van der Waals surface area contributed by atoms with Crippen LogP contribution in [0.4, 0.5) is 4.39 Å². The van der Waals surface area contributed by atoms with Crippen molar-refractivity contribution < 1.29 is 47.6 Å². The molecular weight excluding hydrogens is 345 g/mol. The van der Waals surface area contributed by atoms with Gasteiger partial charge in [0.25, 0.3) is 6.29 Å². The van der Waals surface area contributed by atoms with Gasteiger partial charge in [-0.15, -0.1) is 0 Å². The molecule has 1 fully saturated rings. The van der Waals surface area contributed by atoms with Crippen LogP contribution in [0.3, 0.4) is 0 Å². The van der Waals surface area contributed by atoms with E-state index in [1.807, 2.05) is 5.32 Å². The van der Waals surface area contributed by atoms with Crippen LogP contribution in [0.5, 0.6) is 0 Å². The molecule has 0 aliphatic carbocycles. The van der Waals surface area contributed by atoms with E-state index in [1.165, 1.54) is 0 Å². The van der Waals surface area contributed by atoms with Gasteiger partial charge >= 0.3 is 17.9 Å². The van der Waals surface area contributed by atoms with E-state index in [0.29, 0.717) is 0 Å². The summed E-state index contributed by atoms with van der Waals surface area (Å²) in [5.41, 5.74) is -2.69. The Labute approximate surface area is 142 Å². The Kier molecular flexibility index (Phi) is 6.82. The number of esters is 3. The minimum Gasteiger partial charge on any atom is -0.463 e. The molecule has 0 spiro atoms. The van der Waals surface area contributed by atoms with E-state index in [4.69, 9.17) is 14.2 Å². The molecule has 0 bridgehead atoms. The molecule has 1 heterocycles. The summed E-state index contributed by atoms with van der Waals surface area (Å²) in [7, 11) is 0. The lowest BCUT2D eigenvalue weighted by Gasteiger charge is -2.47. The quantitative estimate of drug-likeness (QED) is 0.354. The van der Waals surface area contributed by atoms with Gasteiger partial charge in [-0.2, -0.15) is 0 Å². The fourth-order valence-electron chi connectivity index (χ4n) is 2.25. The maximum absolute atomic E-state index is 14.7. The van der Waals surface area contributed by atoms with Crippen molar-refractivity contribution >= 4 is 23.8 Å². The lowest BCUT2D eigenvalue weighted by atomic mass is 9.93. The van der Waals surface area contributed by atoms with E-state index in [1.54, 1.807) is 0 Å². The summed E-state index contributed by atoms with van der Waals surface area (Å²) in [4.78, 5) is 44.8. The fraction of sp³-hybridized carbons (Fsp3) is 0.714. The smallest absolute Gasteiger partial charge is 0.305 e. The lowest BCUT2D eigenvalue weighted by Crippen LogP contribution is -2.74. The van der Waals surface area contributed by atoms with Crippen molar-refractivity contribution in [3.05, 3.63) is 0 Å². The number of carbonyl (C=O) groups excluding carboxylic acids is 4. The monoisotopic (exact) mass is 365 g/mol. The number of hydrogen-bond donors (Lipinski definition) is 2. The predicted octanol–water partition coefficient (Wildman–Crippen LogP) is -1.07. The molecule has 1 unspecified atom stereocenters. The van der Waals surface area contributed by atoms with Gasteiger partial charge in [0.05, 0.1) is 0 Å². The molecule has 25 heavy (non-hydrogen) atoms. The number of ether oxygens (including phenoxy) is 4. The summed E-state index contributed by atoms with van der Waals surface area (Å²) >= 11 is 0. The molecule has 1 saturated heterocycles. The molecule has 0 aromatic carbocycles. The summed E-state index contributed by atoms with van der Waals surface area (Å²) in [6.45, 7) is 3.43. The topological polar surface area (TPSA) is 137 Å². The van der Waals surface area contributed by atoms with Crippen LogP contribution >= 0.6 is 0 Å². The van der Waals surface area contributed by atoms with Gasteiger partial charge < -0.3 is 29.4 Å². The summed E-state index contributed by atoms with van der Waals surface area (Å²) in [5, 5.41) is 12.6. The second-order valence-corrected chi connectivity index (χ2v) is 5.40. The van der Waals surface area contributed by atoms with E-state index < -0.39 is 60.8 Å². The molecule has 0 aromatic rings. The highest BCUT2D eigenvalue weighted by Crippen LogP contribution is 2.33. The summed E-state index contributed by atoms with van der Waals surface area (Å²) in [6, 6.07) is 0. The molecular formula is C14H20FNO9. The fourth-order valence-corrected chi connectivity index (χ4v) is 2.25. The van der Waals surface area contributed by atoms with Crippen LogP contribution in [0.1, 0.15) is 27.7 Å². The van der Waals surface area contributed by atoms with Crippen LogP contribution < -0.4 is 5.32 Å². The maximum atomic E-state index is 14.7. The summed E-state index contributed by atoms with van der Waals surface area (Å²) < 4.78 is 34.1. The van der Waals surface area contributed by atoms with Crippen molar-refractivity contribution in [3.63, 3.8) is 0 Å². The molecule has 2 N–H and O–H groups in total.